The summed E-state index contributed by atoms with van der Waals surface area (Å²) in [6, 6.07) is 10.8. The van der Waals surface area contributed by atoms with E-state index in [9.17, 15) is 14.0 Å². The number of carbonyl (C=O) groups excluding carboxylic acids is 2. The van der Waals surface area contributed by atoms with Crippen LogP contribution in [-0.2, 0) is 4.79 Å². The molecule has 0 spiro atoms. The lowest BCUT2D eigenvalue weighted by Crippen LogP contribution is -2.39. The molecule has 1 heterocycles. The van der Waals surface area contributed by atoms with E-state index < -0.39 is 11.8 Å². The molecule has 0 aromatic heterocycles. The van der Waals surface area contributed by atoms with Gasteiger partial charge >= 0.3 is 6.03 Å². The zero-order valence-electron chi connectivity index (χ0n) is 13.6. The fourth-order valence-corrected chi connectivity index (χ4v) is 2.89. The monoisotopic (exact) mass is 361 g/mol. The molecule has 0 bridgehead atoms. The van der Waals surface area contributed by atoms with Crippen molar-refractivity contribution in [2.45, 2.75) is 19.4 Å². The Hall–Kier alpha value is -2.60. The van der Waals surface area contributed by atoms with Crippen LogP contribution in [0.2, 0.25) is 5.02 Å². The van der Waals surface area contributed by atoms with Gasteiger partial charge in [0.2, 0.25) is 5.91 Å². The second kappa shape index (κ2) is 7.11. The highest BCUT2D eigenvalue weighted by Crippen LogP contribution is 2.22. The number of benzene rings is 2. The zero-order chi connectivity index (χ0) is 18.0. The Morgan fingerprint density at radius 3 is 2.64 bits per heavy atom. The Kier molecular flexibility index (Phi) is 4.90. The Bertz CT molecular complexity index is 810. The van der Waals surface area contributed by atoms with Crippen molar-refractivity contribution in [1.82, 2.24) is 5.32 Å². The largest absolute Gasteiger partial charge is 0.333 e. The number of nitrogens with zero attached hydrogens (tertiary/aromatic N) is 1. The van der Waals surface area contributed by atoms with Crippen LogP contribution >= 0.6 is 11.6 Å². The van der Waals surface area contributed by atoms with E-state index in [-0.39, 0.29) is 23.4 Å². The summed E-state index contributed by atoms with van der Waals surface area (Å²) in [5.74, 6) is -0.596. The maximum Gasteiger partial charge on any atom is 0.319 e. The topological polar surface area (TPSA) is 61.4 Å². The molecule has 2 N–H and O–H groups in total. The number of hydrogen-bond donors (Lipinski definition) is 2. The molecule has 2 aromatic rings. The van der Waals surface area contributed by atoms with Crippen LogP contribution in [0.25, 0.3) is 0 Å². The van der Waals surface area contributed by atoms with E-state index >= 15 is 0 Å². The predicted molar refractivity (Wildman–Crippen MR) is 95.5 cm³/mol. The van der Waals surface area contributed by atoms with Crippen molar-refractivity contribution in [3.63, 3.8) is 0 Å². The van der Waals surface area contributed by atoms with Gasteiger partial charge in [-0.15, -0.1) is 0 Å². The fourth-order valence-electron chi connectivity index (χ4n) is 2.70. The van der Waals surface area contributed by atoms with Gasteiger partial charge in [-0.25, -0.2) is 9.18 Å². The van der Waals surface area contributed by atoms with Gasteiger partial charge in [-0.3, -0.25) is 4.79 Å². The Morgan fingerprint density at radius 1 is 1.24 bits per heavy atom. The van der Waals surface area contributed by atoms with E-state index in [2.05, 4.69) is 10.6 Å². The number of anilines is 2. The van der Waals surface area contributed by atoms with Gasteiger partial charge < -0.3 is 15.5 Å². The normalized spacial score (nSPS) is 16.8. The van der Waals surface area contributed by atoms with Crippen molar-refractivity contribution >= 4 is 34.9 Å². The number of hydrogen-bond acceptors (Lipinski definition) is 2. The average molecular weight is 362 g/mol. The van der Waals surface area contributed by atoms with E-state index in [1.165, 1.54) is 18.2 Å². The first-order chi connectivity index (χ1) is 11.9. The summed E-state index contributed by atoms with van der Waals surface area (Å²) >= 11 is 5.69. The molecular weight excluding hydrogens is 345 g/mol. The van der Waals surface area contributed by atoms with Crippen LogP contribution in [0.3, 0.4) is 0 Å². The summed E-state index contributed by atoms with van der Waals surface area (Å²) in [5.41, 5.74) is 2.30. The van der Waals surface area contributed by atoms with Crippen LogP contribution in [-0.4, -0.2) is 24.5 Å². The number of urea groups is 1. The molecular formula is C18H17ClFN3O2. The molecule has 0 saturated carbocycles. The minimum absolute atomic E-state index is 0.0426. The van der Waals surface area contributed by atoms with Crippen molar-refractivity contribution in [2.24, 2.45) is 0 Å². The SMILES string of the molecule is Cc1ccc(N2C[C@@H](NC(=O)Nc3ccc(F)c(Cl)c3)CC2=O)cc1. The van der Waals surface area contributed by atoms with Crippen molar-refractivity contribution in [3.8, 4) is 0 Å². The number of nitrogens with one attached hydrogen (secondary N) is 2. The molecule has 2 aromatic carbocycles. The van der Waals surface area contributed by atoms with E-state index in [4.69, 9.17) is 11.6 Å². The summed E-state index contributed by atoms with van der Waals surface area (Å²) in [6.45, 7) is 2.38. The molecule has 1 atom stereocenters. The van der Waals surface area contributed by atoms with Crippen molar-refractivity contribution in [1.29, 1.82) is 0 Å². The van der Waals surface area contributed by atoms with E-state index in [1.807, 2.05) is 31.2 Å². The lowest BCUT2D eigenvalue weighted by molar-refractivity contribution is -0.117. The van der Waals surface area contributed by atoms with Crippen molar-refractivity contribution in [3.05, 3.63) is 58.9 Å². The van der Waals surface area contributed by atoms with Crippen LogP contribution in [0.4, 0.5) is 20.6 Å². The molecule has 1 fully saturated rings. The average Bonchev–Trinajstić information content (AvgIpc) is 2.92. The Morgan fingerprint density at radius 2 is 1.96 bits per heavy atom. The maximum atomic E-state index is 13.1. The molecule has 1 saturated heterocycles. The van der Waals surface area contributed by atoms with Gasteiger partial charge in [-0.05, 0) is 37.3 Å². The van der Waals surface area contributed by atoms with Crippen LogP contribution in [0.15, 0.2) is 42.5 Å². The molecule has 0 aliphatic carbocycles. The maximum absolute atomic E-state index is 13.1. The first-order valence-corrected chi connectivity index (χ1v) is 8.20. The van der Waals surface area contributed by atoms with Gasteiger partial charge in [0.25, 0.3) is 0 Å². The Labute approximate surface area is 149 Å². The third-order valence-electron chi connectivity index (χ3n) is 3.98. The molecule has 0 unspecified atom stereocenters. The number of halogens is 2. The highest BCUT2D eigenvalue weighted by molar-refractivity contribution is 6.31. The quantitative estimate of drug-likeness (QED) is 0.875. The third kappa shape index (κ3) is 4.09. The van der Waals surface area contributed by atoms with Crippen LogP contribution < -0.4 is 15.5 Å². The smallest absolute Gasteiger partial charge is 0.319 e. The molecule has 1 aliphatic heterocycles. The molecule has 25 heavy (non-hydrogen) atoms. The second-order valence-electron chi connectivity index (χ2n) is 5.97. The van der Waals surface area contributed by atoms with E-state index in [0.29, 0.717) is 12.2 Å². The molecule has 3 amide bonds. The lowest BCUT2D eigenvalue weighted by Gasteiger charge is -2.17. The zero-order valence-corrected chi connectivity index (χ0v) is 14.3. The predicted octanol–water partition coefficient (Wildman–Crippen LogP) is 3.71. The molecule has 5 nitrogen and oxygen atoms in total. The summed E-state index contributed by atoms with van der Waals surface area (Å²) in [6.07, 6.45) is 0.228. The van der Waals surface area contributed by atoms with Gasteiger partial charge in [0.1, 0.15) is 5.82 Å². The Balaban J connectivity index is 1.60. The van der Waals surface area contributed by atoms with Crippen molar-refractivity contribution < 1.29 is 14.0 Å². The van der Waals surface area contributed by atoms with Gasteiger partial charge in [0, 0.05) is 24.3 Å². The lowest BCUT2D eigenvalue weighted by atomic mass is 10.2. The van der Waals surface area contributed by atoms with Gasteiger partial charge in [0.05, 0.1) is 11.1 Å². The number of rotatable bonds is 3. The fraction of sp³-hybridized carbons (Fsp3) is 0.222. The summed E-state index contributed by atoms with van der Waals surface area (Å²) in [5, 5.41) is 5.27. The van der Waals surface area contributed by atoms with Gasteiger partial charge in [-0.1, -0.05) is 29.3 Å². The first kappa shape index (κ1) is 17.2. The van der Waals surface area contributed by atoms with Crippen molar-refractivity contribution in [2.75, 3.05) is 16.8 Å². The molecule has 130 valence electrons. The summed E-state index contributed by atoms with van der Waals surface area (Å²) in [4.78, 5) is 25.9. The minimum atomic E-state index is -0.553. The van der Waals surface area contributed by atoms with Crippen LogP contribution in [0.5, 0.6) is 0 Å². The number of carbonyl (C=O) groups is 2. The molecule has 7 heteroatoms. The van der Waals surface area contributed by atoms with E-state index in [1.54, 1.807) is 4.90 Å². The minimum Gasteiger partial charge on any atom is -0.333 e. The van der Waals surface area contributed by atoms with E-state index in [0.717, 1.165) is 11.3 Å². The summed E-state index contributed by atoms with van der Waals surface area (Å²) < 4.78 is 13.1. The second-order valence-corrected chi connectivity index (χ2v) is 6.38. The number of aryl methyl sites for hydroxylation is 1. The first-order valence-electron chi connectivity index (χ1n) is 7.82. The summed E-state index contributed by atoms with van der Waals surface area (Å²) in [7, 11) is 0. The molecule has 0 radical (unpaired) electrons. The van der Waals surface area contributed by atoms with Crippen LogP contribution in [0.1, 0.15) is 12.0 Å². The third-order valence-corrected chi connectivity index (χ3v) is 4.27. The highest BCUT2D eigenvalue weighted by atomic mass is 35.5. The molecule has 3 rings (SSSR count). The van der Waals surface area contributed by atoms with Gasteiger partial charge in [0.15, 0.2) is 0 Å². The van der Waals surface area contributed by atoms with Crippen LogP contribution in [0, 0.1) is 12.7 Å². The highest BCUT2D eigenvalue weighted by Gasteiger charge is 2.31. The molecule has 1 aliphatic rings. The standard InChI is InChI=1S/C18H17ClFN3O2/c1-11-2-5-14(6-3-11)23-10-13(9-17(23)24)22-18(25)21-12-4-7-16(20)15(19)8-12/h2-8,13H,9-10H2,1H3,(H2,21,22,25)/t13-/m0/s1. The number of amides is 3. The van der Waals surface area contributed by atoms with Gasteiger partial charge in [-0.2, -0.15) is 0 Å².